The normalized spacial score (nSPS) is 11.4. The number of ether oxygens (including phenoxy) is 1. The standard InChI is InChI=1S/C14H12BrFN2O2/c15-11-5-12(16)7-13(6-11)20-8-9-1-3-10(4-2-9)14(17)18-19/h1-7,19H,8H2,(H2,17,18). The number of oxime groups is 1. The number of benzene rings is 2. The second kappa shape index (κ2) is 6.38. The quantitative estimate of drug-likeness (QED) is 0.389. The lowest BCUT2D eigenvalue weighted by Crippen LogP contribution is -2.12. The lowest BCUT2D eigenvalue weighted by molar-refractivity contribution is 0.304. The first kappa shape index (κ1) is 14.3. The van der Waals surface area contributed by atoms with Gasteiger partial charge >= 0.3 is 0 Å². The summed E-state index contributed by atoms with van der Waals surface area (Å²) in [6, 6.07) is 11.4. The van der Waals surface area contributed by atoms with Gasteiger partial charge in [-0.2, -0.15) is 0 Å². The van der Waals surface area contributed by atoms with E-state index < -0.39 is 0 Å². The van der Waals surface area contributed by atoms with Crippen LogP contribution >= 0.6 is 15.9 Å². The Morgan fingerprint density at radius 3 is 2.55 bits per heavy atom. The Morgan fingerprint density at radius 1 is 1.25 bits per heavy atom. The van der Waals surface area contributed by atoms with Crippen molar-refractivity contribution in [2.75, 3.05) is 0 Å². The van der Waals surface area contributed by atoms with E-state index in [0.29, 0.717) is 22.4 Å². The molecule has 3 N–H and O–H groups in total. The second-order valence-corrected chi connectivity index (χ2v) is 4.99. The zero-order chi connectivity index (χ0) is 14.5. The molecule has 0 aliphatic rings. The summed E-state index contributed by atoms with van der Waals surface area (Å²) < 4.78 is 19.3. The first-order valence-corrected chi connectivity index (χ1v) is 6.53. The van der Waals surface area contributed by atoms with Gasteiger partial charge in [0.15, 0.2) is 5.84 Å². The molecule has 0 amide bonds. The molecule has 0 aliphatic heterocycles. The molecule has 6 heteroatoms. The maximum absolute atomic E-state index is 13.2. The summed E-state index contributed by atoms with van der Waals surface area (Å²) in [6.45, 7) is 0.298. The van der Waals surface area contributed by atoms with Crippen molar-refractivity contribution in [1.82, 2.24) is 0 Å². The fraction of sp³-hybridized carbons (Fsp3) is 0.0714. The van der Waals surface area contributed by atoms with Gasteiger partial charge in [0.25, 0.3) is 0 Å². The SMILES string of the molecule is N/C(=N/O)c1ccc(COc2cc(F)cc(Br)c2)cc1. The Balaban J connectivity index is 2.04. The first-order valence-electron chi connectivity index (χ1n) is 5.74. The van der Waals surface area contributed by atoms with Gasteiger partial charge in [-0.25, -0.2) is 4.39 Å². The van der Waals surface area contributed by atoms with Crippen LogP contribution in [-0.4, -0.2) is 11.0 Å². The third-order valence-corrected chi connectivity index (χ3v) is 3.06. The summed E-state index contributed by atoms with van der Waals surface area (Å²) in [7, 11) is 0. The van der Waals surface area contributed by atoms with E-state index in [4.69, 9.17) is 15.7 Å². The highest BCUT2D eigenvalue weighted by Crippen LogP contribution is 2.21. The zero-order valence-corrected chi connectivity index (χ0v) is 12.0. The second-order valence-electron chi connectivity index (χ2n) is 4.08. The lowest BCUT2D eigenvalue weighted by Gasteiger charge is -2.07. The van der Waals surface area contributed by atoms with Crippen LogP contribution in [0.25, 0.3) is 0 Å². The van der Waals surface area contributed by atoms with Gasteiger partial charge in [-0.1, -0.05) is 45.4 Å². The highest BCUT2D eigenvalue weighted by molar-refractivity contribution is 9.10. The van der Waals surface area contributed by atoms with Crippen LogP contribution in [0.2, 0.25) is 0 Å². The molecule has 0 spiro atoms. The van der Waals surface area contributed by atoms with Gasteiger partial charge in [0, 0.05) is 16.1 Å². The highest BCUT2D eigenvalue weighted by Gasteiger charge is 2.02. The average Bonchev–Trinajstić information content (AvgIpc) is 2.44. The van der Waals surface area contributed by atoms with Gasteiger partial charge in [0.05, 0.1) is 0 Å². The van der Waals surface area contributed by atoms with E-state index >= 15 is 0 Å². The van der Waals surface area contributed by atoms with E-state index in [1.807, 2.05) is 0 Å². The van der Waals surface area contributed by atoms with Gasteiger partial charge in [-0.05, 0) is 17.7 Å². The van der Waals surface area contributed by atoms with Gasteiger partial charge in [-0.3, -0.25) is 0 Å². The van der Waals surface area contributed by atoms with Crippen molar-refractivity contribution in [3.05, 3.63) is 63.9 Å². The molecule has 0 radical (unpaired) electrons. The Kier molecular flexibility index (Phi) is 4.57. The van der Waals surface area contributed by atoms with Crippen LogP contribution in [0, 0.1) is 5.82 Å². The van der Waals surface area contributed by atoms with Gasteiger partial charge in [-0.15, -0.1) is 0 Å². The number of hydrogen-bond donors (Lipinski definition) is 2. The van der Waals surface area contributed by atoms with E-state index in [1.165, 1.54) is 12.1 Å². The maximum atomic E-state index is 13.2. The smallest absolute Gasteiger partial charge is 0.170 e. The number of hydrogen-bond acceptors (Lipinski definition) is 3. The Labute approximate surface area is 123 Å². The third kappa shape index (κ3) is 3.71. The monoisotopic (exact) mass is 338 g/mol. The summed E-state index contributed by atoms with van der Waals surface area (Å²) in [5.74, 6) is 0.126. The van der Waals surface area contributed by atoms with Crippen LogP contribution in [0.3, 0.4) is 0 Å². The summed E-state index contributed by atoms with van der Waals surface area (Å²) in [6.07, 6.45) is 0. The van der Waals surface area contributed by atoms with E-state index in [-0.39, 0.29) is 11.7 Å². The fourth-order valence-electron chi connectivity index (χ4n) is 1.61. The maximum Gasteiger partial charge on any atom is 0.170 e. The predicted octanol–water partition coefficient (Wildman–Crippen LogP) is 3.26. The summed E-state index contributed by atoms with van der Waals surface area (Å²) in [4.78, 5) is 0. The third-order valence-electron chi connectivity index (χ3n) is 2.60. The topological polar surface area (TPSA) is 67.8 Å². The molecule has 2 rings (SSSR count). The predicted molar refractivity (Wildman–Crippen MR) is 77.4 cm³/mol. The van der Waals surface area contributed by atoms with Crippen molar-refractivity contribution in [3.8, 4) is 5.75 Å². The van der Waals surface area contributed by atoms with Crippen LogP contribution in [0.15, 0.2) is 52.1 Å². The minimum Gasteiger partial charge on any atom is -0.489 e. The van der Waals surface area contributed by atoms with Gasteiger partial charge < -0.3 is 15.7 Å². The Hall–Kier alpha value is -2.08. The molecule has 0 saturated heterocycles. The molecule has 0 aromatic heterocycles. The highest BCUT2D eigenvalue weighted by atomic mass is 79.9. The molecule has 104 valence electrons. The van der Waals surface area contributed by atoms with Crippen molar-refractivity contribution in [1.29, 1.82) is 0 Å². The number of rotatable bonds is 4. The molecule has 4 nitrogen and oxygen atoms in total. The molecule has 20 heavy (non-hydrogen) atoms. The molecular formula is C14H12BrFN2O2. The summed E-state index contributed by atoms with van der Waals surface area (Å²) in [5, 5.41) is 11.5. The van der Waals surface area contributed by atoms with Gasteiger partial charge in [0.2, 0.25) is 0 Å². The summed E-state index contributed by atoms with van der Waals surface area (Å²) in [5.41, 5.74) is 6.97. The lowest BCUT2D eigenvalue weighted by atomic mass is 10.1. The molecule has 2 aromatic carbocycles. The van der Waals surface area contributed by atoms with Crippen molar-refractivity contribution < 1.29 is 14.3 Å². The minimum absolute atomic E-state index is 0.0477. The van der Waals surface area contributed by atoms with Gasteiger partial charge in [0.1, 0.15) is 18.2 Å². The number of halogens is 2. The number of nitrogens with two attached hydrogens (primary N) is 1. The first-order chi connectivity index (χ1) is 9.58. The Bertz CT molecular complexity index is 609. The molecule has 0 unspecified atom stereocenters. The molecule has 2 aromatic rings. The molecular weight excluding hydrogens is 327 g/mol. The van der Waals surface area contributed by atoms with Crippen molar-refractivity contribution in [2.24, 2.45) is 10.9 Å². The molecule has 0 saturated carbocycles. The molecule has 0 atom stereocenters. The Morgan fingerprint density at radius 2 is 1.95 bits per heavy atom. The van der Waals surface area contributed by atoms with Crippen molar-refractivity contribution in [2.45, 2.75) is 6.61 Å². The largest absolute Gasteiger partial charge is 0.489 e. The minimum atomic E-state index is -0.364. The molecule has 0 fully saturated rings. The van der Waals surface area contributed by atoms with E-state index in [1.54, 1.807) is 30.3 Å². The molecule has 0 heterocycles. The van der Waals surface area contributed by atoms with E-state index in [0.717, 1.165) is 5.56 Å². The number of amidine groups is 1. The summed E-state index contributed by atoms with van der Waals surface area (Å²) >= 11 is 3.20. The van der Waals surface area contributed by atoms with E-state index in [9.17, 15) is 4.39 Å². The molecule has 0 aliphatic carbocycles. The van der Waals surface area contributed by atoms with Crippen molar-refractivity contribution in [3.63, 3.8) is 0 Å². The zero-order valence-electron chi connectivity index (χ0n) is 10.4. The average molecular weight is 339 g/mol. The van der Waals surface area contributed by atoms with Crippen molar-refractivity contribution >= 4 is 21.8 Å². The van der Waals surface area contributed by atoms with Crippen LogP contribution < -0.4 is 10.5 Å². The number of nitrogens with zero attached hydrogens (tertiary/aromatic N) is 1. The fourth-order valence-corrected chi connectivity index (χ4v) is 2.05. The van der Waals surface area contributed by atoms with E-state index in [2.05, 4.69) is 21.1 Å². The van der Waals surface area contributed by atoms with Crippen LogP contribution in [0.1, 0.15) is 11.1 Å². The molecule has 0 bridgehead atoms. The van der Waals surface area contributed by atoms with Crippen LogP contribution in [0.4, 0.5) is 4.39 Å². The van der Waals surface area contributed by atoms with Crippen LogP contribution in [-0.2, 0) is 6.61 Å². The van der Waals surface area contributed by atoms with Crippen LogP contribution in [0.5, 0.6) is 5.75 Å².